The molecule has 0 aliphatic heterocycles. The topological polar surface area (TPSA) is 38.3 Å². The van der Waals surface area contributed by atoms with Crippen molar-refractivity contribution in [3.8, 4) is 0 Å². The third-order valence-electron chi connectivity index (χ3n) is 1.64. The number of methoxy groups -OCH3 is 1. The molecular weight excluding hydrogens is 174 g/mol. The van der Waals surface area contributed by atoms with Gasteiger partial charge < -0.3 is 10.1 Å². The Hall–Kier alpha value is 0.0700. The van der Waals surface area contributed by atoms with Gasteiger partial charge in [0.15, 0.2) is 0 Å². The minimum Gasteiger partial charge on any atom is -0.385 e. The number of ether oxygens (including phenoxy) is 1. The molecule has 0 saturated heterocycles. The molecule has 0 amide bonds. The molecule has 0 rings (SSSR count). The first-order valence-electron chi connectivity index (χ1n) is 4.19. The maximum Gasteiger partial charge on any atom is 0.0476 e. The van der Waals surface area contributed by atoms with Gasteiger partial charge in [0.05, 0.1) is 0 Å². The summed E-state index contributed by atoms with van der Waals surface area (Å²) in [5.41, 5.74) is 0. The molecule has 2 unspecified atom stereocenters. The Labute approximate surface area is 77.3 Å². The van der Waals surface area contributed by atoms with E-state index in [1.807, 2.05) is 0 Å². The van der Waals surface area contributed by atoms with Crippen LogP contribution in [0.1, 0.15) is 13.3 Å². The highest BCUT2D eigenvalue weighted by molar-refractivity contribution is 7.84. The van der Waals surface area contributed by atoms with Crippen LogP contribution in [0.15, 0.2) is 0 Å². The number of nitrogens with one attached hydrogen (secondary N) is 1. The van der Waals surface area contributed by atoms with E-state index >= 15 is 0 Å². The Morgan fingerprint density at radius 3 is 2.75 bits per heavy atom. The molecule has 0 aliphatic rings. The molecule has 0 bridgehead atoms. The van der Waals surface area contributed by atoms with Crippen molar-refractivity contribution in [2.75, 3.05) is 32.3 Å². The predicted molar refractivity (Wildman–Crippen MR) is 52.9 cm³/mol. The van der Waals surface area contributed by atoms with Gasteiger partial charge in [0.2, 0.25) is 0 Å². The van der Waals surface area contributed by atoms with Crippen molar-refractivity contribution in [1.29, 1.82) is 0 Å². The zero-order chi connectivity index (χ0) is 9.40. The fourth-order valence-electron chi connectivity index (χ4n) is 0.846. The molecule has 1 N–H and O–H groups in total. The minimum atomic E-state index is -0.681. The first kappa shape index (κ1) is 12.1. The molecule has 0 radical (unpaired) electrons. The third kappa shape index (κ3) is 8.17. The summed E-state index contributed by atoms with van der Waals surface area (Å²) in [5, 5.41) is 3.28. The van der Waals surface area contributed by atoms with Gasteiger partial charge in [-0.2, -0.15) is 0 Å². The van der Waals surface area contributed by atoms with Crippen molar-refractivity contribution in [3.63, 3.8) is 0 Å². The quantitative estimate of drug-likeness (QED) is 0.635. The van der Waals surface area contributed by atoms with Crippen LogP contribution in [0.25, 0.3) is 0 Å². The number of rotatable bonds is 7. The Morgan fingerprint density at radius 1 is 1.58 bits per heavy atom. The lowest BCUT2D eigenvalue weighted by atomic mass is 10.2. The van der Waals surface area contributed by atoms with Gasteiger partial charge >= 0.3 is 0 Å². The fourth-order valence-corrected chi connectivity index (χ4v) is 1.25. The zero-order valence-electron chi connectivity index (χ0n) is 8.13. The summed E-state index contributed by atoms with van der Waals surface area (Å²) in [4.78, 5) is 0. The van der Waals surface area contributed by atoms with E-state index in [0.29, 0.717) is 6.04 Å². The van der Waals surface area contributed by atoms with Crippen molar-refractivity contribution in [2.24, 2.45) is 0 Å². The largest absolute Gasteiger partial charge is 0.385 e. The van der Waals surface area contributed by atoms with Crippen molar-refractivity contribution < 1.29 is 8.95 Å². The average molecular weight is 193 g/mol. The number of hydrogen-bond donors (Lipinski definition) is 1. The standard InChI is InChI=1S/C8H19NO2S/c1-8(4-6-11-2)9-5-7-12(3)10/h8-9H,4-7H2,1-3H3. The van der Waals surface area contributed by atoms with Gasteiger partial charge in [0.1, 0.15) is 0 Å². The highest BCUT2D eigenvalue weighted by Crippen LogP contribution is 1.89. The molecule has 3 nitrogen and oxygen atoms in total. The van der Waals surface area contributed by atoms with Gasteiger partial charge in [0, 0.05) is 49.1 Å². The van der Waals surface area contributed by atoms with Gasteiger partial charge in [-0.05, 0) is 13.3 Å². The smallest absolute Gasteiger partial charge is 0.0476 e. The van der Waals surface area contributed by atoms with E-state index in [1.165, 1.54) is 0 Å². The number of hydrogen-bond acceptors (Lipinski definition) is 3. The molecule has 0 saturated carbocycles. The van der Waals surface area contributed by atoms with Crippen LogP contribution in [0.3, 0.4) is 0 Å². The first-order chi connectivity index (χ1) is 5.66. The van der Waals surface area contributed by atoms with Gasteiger partial charge in [-0.15, -0.1) is 0 Å². The lowest BCUT2D eigenvalue weighted by Gasteiger charge is -2.11. The molecule has 12 heavy (non-hydrogen) atoms. The van der Waals surface area contributed by atoms with Crippen molar-refractivity contribution in [3.05, 3.63) is 0 Å². The van der Waals surface area contributed by atoms with E-state index in [0.717, 1.165) is 25.3 Å². The van der Waals surface area contributed by atoms with E-state index in [9.17, 15) is 4.21 Å². The summed E-state index contributed by atoms with van der Waals surface area (Å²) >= 11 is 0. The highest BCUT2D eigenvalue weighted by atomic mass is 32.2. The van der Waals surface area contributed by atoms with Gasteiger partial charge in [-0.1, -0.05) is 0 Å². The molecule has 0 aliphatic carbocycles. The van der Waals surface area contributed by atoms with Crippen LogP contribution in [-0.4, -0.2) is 42.5 Å². The van der Waals surface area contributed by atoms with Crippen LogP contribution in [0.2, 0.25) is 0 Å². The summed E-state index contributed by atoms with van der Waals surface area (Å²) in [6.45, 7) is 3.72. The van der Waals surface area contributed by atoms with Crippen LogP contribution in [0, 0.1) is 0 Å². The Balaban J connectivity index is 3.19. The Kier molecular flexibility index (Phi) is 7.75. The monoisotopic (exact) mass is 193 g/mol. The molecule has 0 aromatic rings. The molecule has 0 fully saturated rings. The second-order valence-electron chi connectivity index (χ2n) is 2.91. The van der Waals surface area contributed by atoms with Crippen molar-refractivity contribution >= 4 is 10.8 Å². The average Bonchev–Trinajstić information content (AvgIpc) is 2.00. The second-order valence-corrected chi connectivity index (χ2v) is 4.47. The van der Waals surface area contributed by atoms with E-state index in [1.54, 1.807) is 13.4 Å². The van der Waals surface area contributed by atoms with Crippen LogP contribution in [0.5, 0.6) is 0 Å². The highest BCUT2D eigenvalue weighted by Gasteiger charge is 1.99. The normalized spacial score (nSPS) is 15.9. The minimum absolute atomic E-state index is 0.452. The molecule has 2 atom stereocenters. The molecular formula is C8H19NO2S. The van der Waals surface area contributed by atoms with Crippen LogP contribution in [0.4, 0.5) is 0 Å². The molecule has 0 spiro atoms. The van der Waals surface area contributed by atoms with Crippen molar-refractivity contribution in [2.45, 2.75) is 19.4 Å². The van der Waals surface area contributed by atoms with E-state index < -0.39 is 10.8 Å². The van der Waals surface area contributed by atoms with Crippen LogP contribution in [-0.2, 0) is 15.5 Å². The van der Waals surface area contributed by atoms with Crippen molar-refractivity contribution in [1.82, 2.24) is 5.32 Å². The van der Waals surface area contributed by atoms with Crippen LogP contribution >= 0.6 is 0 Å². The maximum atomic E-state index is 10.7. The lowest BCUT2D eigenvalue weighted by molar-refractivity contribution is 0.185. The molecule has 0 aromatic heterocycles. The molecule has 0 heterocycles. The van der Waals surface area contributed by atoms with E-state index in [-0.39, 0.29) is 0 Å². The SMILES string of the molecule is COCCC(C)NCCS(C)=O. The van der Waals surface area contributed by atoms with Gasteiger partial charge in [0.25, 0.3) is 0 Å². The zero-order valence-corrected chi connectivity index (χ0v) is 8.95. The summed E-state index contributed by atoms with van der Waals surface area (Å²) in [6.07, 6.45) is 2.73. The van der Waals surface area contributed by atoms with E-state index in [2.05, 4.69) is 12.2 Å². The lowest BCUT2D eigenvalue weighted by Crippen LogP contribution is -2.30. The third-order valence-corrected chi connectivity index (χ3v) is 2.42. The van der Waals surface area contributed by atoms with Gasteiger partial charge in [-0.25, -0.2) is 0 Å². The Morgan fingerprint density at radius 2 is 2.25 bits per heavy atom. The summed E-state index contributed by atoms with van der Waals surface area (Å²) in [5.74, 6) is 0.733. The predicted octanol–water partition coefficient (Wildman–Crippen LogP) is 0.379. The summed E-state index contributed by atoms with van der Waals surface area (Å²) < 4.78 is 15.6. The Bertz CT molecular complexity index is 130. The van der Waals surface area contributed by atoms with Crippen LogP contribution < -0.4 is 5.32 Å². The van der Waals surface area contributed by atoms with E-state index in [4.69, 9.17) is 4.74 Å². The molecule has 0 aromatic carbocycles. The molecule has 74 valence electrons. The fraction of sp³-hybridized carbons (Fsp3) is 1.00. The summed E-state index contributed by atoms with van der Waals surface area (Å²) in [6, 6.07) is 0.452. The van der Waals surface area contributed by atoms with Gasteiger partial charge in [-0.3, -0.25) is 4.21 Å². The first-order valence-corrected chi connectivity index (χ1v) is 5.92. The summed E-state index contributed by atoms with van der Waals surface area (Å²) in [7, 11) is 1.02. The molecule has 4 heteroatoms. The second kappa shape index (κ2) is 7.71. The maximum absolute atomic E-state index is 10.7.